The van der Waals surface area contributed by atoms with Gasteiger partial charge in [-0.25, -0.2) is 5.43 Å². The number of halogens is 3. The van der Waals surface area contributed by atoms with Crippen molar-refractivity contribution >= 4 is 81.4 Å². The topological polar surface area (TPSA) is 69.2 Å². The minimum absolute atomic E-state index is 0.134. The average molecular weight is 703 g/mol. The number of nitrogens with one attached hydrogen (secondary N) is 1. The fourth-order valence-corrected chi connectivity index (χ4v) is 7.59. The van der Waals surface area contributed by atoms with Crippen LogP contribution in [-0.2, 0) is 11.4 Å². The summed E-state index contributed by atoms with van der Waals surface area (Å²) in [5.41, 5.74) is 5.33. The van der Waals surface area contributed by atoms with Crippen molar-refractivity contribution in [2.24, 2.45) is 5.10 Å². The summed E-state index contributed by atoms with van der Waals surface area (Å²) in [5, 5.41) is 5.17. The number of rotatable bonds is 11. The van der Waals surface area contributed by atoms with E-state index in [0.29, 0.717) is 38.5 Å². The molecule has 1 fully saturated rings. The molecule has 0 spiro atoms. The van der Waals surface area contributed by atoms with E-state index >= 15 is 0 Å². The molecule has 1 saturated heterocycles. The molecule has 0 aromatic heterocycles. The SMILES string of the molecule is CCOc1cc(/C=N\NC(=O)COc2ccc(C3SCCS3)cc2)cc(I)c1OCc1ccc(Cl)cc1Cl. The molecule has 0 unspecified atom stereocenters. The van der Waals surface area contributed by atoms with E-state index in [1.54, 1.807) is 24.4 Å². The standard InChI is InChI=1S/C27H25Cl2IN2O4S2/c1-2-34-24-12-17(11-23(30)26(24)36-15-19-3-6-20(28)13-22(19)29)14-31-32-25(33)16-35-21-7-4-18(5-8-21)27-37-9-10-38-27/h3-8,11-14,27H,2,9-10,15-16H2,1H3,(H,32,33)/b31-14-. The zero-order valence-electron chi connectivity index (χ0n) is 20.4. The number of nitrogens with zero attached hydrogens (tertiary/aromatic N) is 1. The molecule has 1 heterocycles. The van der Waals surface area contributed by atoms with Crippen LogP contribution in [0.25, 0.3) is 0 Å². The molecular weight excluding hydrogens is 678 g/mol. The largest absolute Gasteiger partial charge is 0.490 e. The molecule has 0 bridgehead atoms. The van der Waals surface area contributed by atoms with Gasteiger partial charge in [-0.3, -0.25) is 4.79 Å². The molecule has 38 heavy (non-hydrogen) atoms. The first-order chi connectivity index (χ1) is 18.4. The van der Waals surface area contributed by atoms with Crippen LogP contribution in [-0.4, -0.2) is 36.8 Å². The van der Waals surface area contributed by atoms with Gasteiger partial charge in [0.1, 0.15) is 12.4 Å². The first kappa shape index (κ1) is 29.2. The van der Waals surface area contributed by atoms with Crippen molar-refractivity contribution in [2.45, 2.75) is 18.1 Å². The Morgan fingerprint density at radius 3 is 2.55 bits per heavy atom. The van der Waals surface area contributed by atoms with Crippen molar-refractivity contribution in [3.63, 3.8) is 0 Å². The third-order valence-corrected chi connectivity index (χ3v) is 9.76. The lowest BCUT2D eigenvalue weighted by atomic mass is 10.2. The van der Waals surface area contributed by atoms with E-state index in [9.17, 15) is 4.79 Å². The maximum Gasteiger partial charge on any atom is 0.277 e. The molecule has 0 saturated carbocycles. The fraction of sp³-hybridized carbons (Fsp3) is 0.259. The van der Waals surface area contributed by atoms with Crippen LogP contribution in [0, 0.1) is 3.57 Å². The third-order valence-electron chi connectivity index (χ3n) is 5.27. The van der Waals surface area contributed by atoms with Gasteiger partial charge in [-0.2, -0.15) is 5.10 Å². The van der Waals surface area contributed by atoms with E-state index < -0.39 is 0 Å². The third kappa shape index (κ3) is 8.35. The lowest BCUT2D eigenvalue weighted by molar-refractivity contribution is -0.123. The highest BCUT2D eigenvalue weighted by atomic mass is 127. The number of amides is 1. The summed E-state index contributed by atoms with van der Waals surface area (Å²) in [5.74, 6) is 3.82. The molecule has 1 aliphatic rings. The zero-order valence-corrected chi connectivity index (χ0v) is 25.7. The Bertz CT molecular complexity index is 1290. The highest BCUT2D eigenvalue weighted by Crippen LogP contribution is 2.45. The summed E-state index contributed by atoms with van der Waals surface area (Å²) in [6, 6.07) is 16.9. The van der Waals surface area contributed by atoms with Crippen LogP contribution in [0.1, 0.15) is 28.2 Å². The van der Waals surface area contributed by atoms with Crippen molar-refractivity contribution in [3.05, 3.63) is 84.9 Å². The van der Waals surface area contributed by atoms with Gasteiger partial charge in [-0.1, -0.05) is 41.4 Å². The first-order valence-corrected chi connectivity index (χ1v) is 15.7. The second kappa shape index (κ2) is 14.6. The Hall–Kier alpha value is -1.79. The smallest absolute Gasteiger partial charge is 0.277 e. The number of thioether (sulfide) groups is 2. The minimum Gasteiger partial charge on any atom is -0.490 e. The molecule has 1 amide bonds. The highest BCUT2D eigenvalue weighted by Gasteiger charge is 2.18. The van der Waals surface area contributed by atoms with Crippen molar-refractivity contribution in [1.29, 1.82) is 0 Å². The van der Waals surface area contributed by atoms with Crippen molar-refractivity contribution < 1.29 is 19.0 Å². The van der Waals surface area contributed by atoms with Crippen LogP contribution in [0.2, 0.25) is 10.0 Å². The Labute approximate surface area is 254 Å². The predicted octanol–water partition coefficient (Wildman–Crippen LogP) is 7.58. The monoisotopic (exact) mass is 702 g/mol. The summed E-state index contributed by atoms with van der Waals surface area (Å²) >= 11 is 18.3. The number of carbonyl (C=O) groups excluding carboxylic acids is 1. The fourth-order valence-electron chi connectivity index (χ4n) is 3.49. The molecule has 1 aliphatic heterocycles. The van der Waals surface area contributed by atoms with Gasteiger partial charge in [0.2, 0.25) is 0 Å². The molecule has 3 aromatic rings. The quantitative estimate of drug-likeness (QED) is 0.126. The average Bonchev–Trinajstić information content (AvgIpc) is 3.44. The van der Waals surface area contributed by atoms with Gasteiger partial charge in [0, 0.05) is 27.1 Å². The molecule has 0 aliphatic carbocycles. The second-order valence-corrected chi connectivity index (χ2v) is 12.7. The Morgan fingerprint density at radius 1 is 1.08 bits per heavy atom. The van der Waals surface area contributed by atoms with Crippen LogP contribution < -0.4 is 19.6 Å². The molecule has 6 nitrogen and oxygen atoms in total. The van der Waals surface area contributed by atoms with Gasteiger partial charge < -0.3 is 14.2 Å². The number of hydrogen-bond donors (Lipinski definition) is 1. The summed E-state index contributed by atoms with van der Waals surface area (Å²) in [7, 11) is 0. The number of carbonyl (C=O) groups is 1. The summed E-state index contributed by atoms with van der Waals surface area (Å²) in [6.07, 6.45) is 1.55. The molecule has 0 atom stereocenters. The Kier molecular flexibility index (Phi) is 11.2. The van der Waals surface area contributed by atoms with Gasteiger partial charge in [-0.05, 0) is 77.0 Å². The number of benzene rings is 3. The highest BCUT2D eigenvalue weighted by molar-refractivity contribution is 14.1. The molecule has 3 aromatic carbocycles. The zero-order chi connectivity index (χ0) is 26.9. The second-order valence-electron chi connectivity index (χ2n) is 8.01. The normalized spacial score (nSPS) is 13.6. The maximum absolute atomic E-state index is 12.2. The Balaban J connectivity index is 1.31. The van der Waals surface area contributed by atoms with E-state index in [1.165, 1.54) is 17.1 Å². The van der Waals surface area contributed by atoms with Crippen LogP contribution in [0.5, 0.6) is 17.2 Å². The van der Waals surface area contributed by atoms with Crippen LogP contribution >= 0.6 is 69.3 Å². The number of hydrazone groups is 1. The molecule has 1 N–H and O–H groups in total. The molecular formula is C27H25Cl2IN2O4S2. The number of ether oxygens (including phenoxy) is 3. The Morgan fingerprint density at radius 2 is 1.84 bits per heavy atom. The van der Waals surface area contributed by atoms with Gasteiger partial charge in [-0.15, -0.1) is 23.5 Å². The van der Waals surface area contributed by atoms with Crippen LogP contribution in [0.15, 0.2) is 59.7 Å². The molecule has 200 valence electrons. The van der Waals surface area contributed by atoms with Gasteiger partial charge >= 0.3 is 0 Å². The first-order valence-electron chi connectivity index (χ1n) is 11.7. The molecule has 0 radical (unpaired) electrons. The summed E-state index contributed by atoms with van der Waals surface area (Å²) in [6.45, 7) is 2.48. The summed E-state index contributed by atoms with van der Waals surface area (Å²) < 4.78 is 18.7. The van der Waals surface area contributed by atoms with Crippen LogP contribution in [0.3, 0.4) is 0 Å². The number of hydrogen-bond acceptors (Lipinski definition) is 7. The predicted molar refractivity (Wildman–Crippen MR) is 166 cm³/mol. The van der Waals surface area contributed by atoms with Gasteiger partial charge in [0.25, 0.3) is 5.91 Å². The van der Waals surface area contributed by atoms with E-state index in [1.807, 2.05) is 54.7 Å². The van der Waals surface area contributed by atoms with E-state index in [-0.39, 0.29) is 19.1 Å². The van der Waals surface area contributed by atoms with Gasteiger partial charge in [0.15, 0.2) is 18.1 Å². The summed E-state index contributed by atoms with van der Waals surface area (Å²) in [4.78, 5) is 12.2. The lowest BCUT2D eigenvalue weighted by Crippen LogP contribution is -2.24. The minimum atomic E-state index is -0.355. The van der Waals surface area contributed by atoms with E-state index in [0.717, 1.165) is 14.7 Å². The van der Waals surface area contributed by atoms with Crippen molar-refractivity contribution in [1.82, 2.24) is 5.43 Å². The van der Waals surface area contributed by atoms with Gasteiger partial charge in [0.05, 0.1) is 21.0 Å². The van der Waals surface area contributed by atoms with Crippen LogP contribution in [0.4, 0.5) is 0 Å². The van der Waals surface area contributed by atoms with E-state index in [2.05, 4.69) is 45.3 Å². The molecule has 4 rings (SSSR count). The maximum atomic E-state index is 12.2. The van der Waals surface area contributed by atoms with Crippen molar-refractivity contribution in [3.8, 4) is 17.2 Å². The lowest BCUT2D eigenvalue weighted by Gasteiger charge is -2.15. The molecule has 11 heteroatoms. The van der Waals surface area contributed by atoms with Crippen molar-refractivity contribution in [2.75, 3.05) is 24.7 Å². The van der Waals surface area contributed by atoms with E-state index in [4.69, 9.17) is 37.4 Å².